The van der Waals surface area contributed by atoms with Crippen LogP contribution in [0, 0.1) is 0 Å². The van der Waals surface area contributed by atoms with Crippen molar-refractivity contribution in [2.75, 3.05) is 18.6 Å². The summed E-state index contributed by atoms with van der Waals surface area (Å²) in [6, 6.07) is -0.191. The average Bonchev–Trinajstić information content (AvgIpc) is 2.94. The minimum Gasteiger partial charge on any atom is -0.352 e. The number of amides is 2. The molecule has 2 aliphatic rings. The number of sulfone groups is 1. The second-order valence-electron chi connectivity index (χ2n) is 6.47. The number of carbonyl (C=O) groups excluding carboxylic acids is 2. The molecule has 0 aromatic rings. The van der Waals surface area contributed by atoms with E-state index in [-0.39, 0.29) is 30.0 Å². The minimum absolute atomic E-state index is 0.0357. The fourth-order valence-electron chi connectivity index (χ4n) is 3.30. The van der Waals surface area contributed by atoms with Crippen molar-refractivity contribution in [3.8, 4) is 0 Å². The highest BCUT2D eigenvalue weighted by Crippen LogP contribution is 2.21. The van der Waals surface area contributed by atoms with E-state index >= 15 is 0 Å². The number of hydrogen-bond donors (Lipinski definition) is 1. The maximum atomic E-state index is 12.4. The molecule has 1 N–H and O–H groups in total. The zero-order valence-electron chi connectivity index (χ0n) is 13.2. The molecule has 1 aliphatic heterocycles. The third kappa shape index (κ3) is 4.97. The number of carbonyl (C=O) groups is 2. The molecule has 6 nitrogen and oxygen atoms in total. The van der Waals surface area contributed by atoms with E-state index in [1.165, 1.54) is 6.42 Å². The van der Waals surface area contributed by atoms with Crippen molar-refractivity contribution in [1.82, 2.24) is 10.2 Å². The van der Waals surface area contributed by atoms with E-state index in [2.05, 4.69) is 5.32 Å². The van der Waals surface area contributed by atoms with Gasteiger partial charge in [-0.2, -0.15) is 0 Å². The first kappa shape index (κ1) is 17.2. The summed E-state index contributed by atoms with van der Waals surface area (Å²) in [5.41, 5.74) is 0. The van der Waals surface area contributed by atoms with Crippen LogP contribution in [0.1, 0.15) is 51.4 Å². The highest BCUT2D eigenvalue weighted by molar-refractivity contribution is 7.90. The summed E-state index contributed by atoms with van der Waals surface area (Å²) in [4.78, 5) is 26.1. The summed E-state index contributed by atoms with van der Waals surface area (Å²) < 4.78 is 22.4. The van der Waals surface area contributed by atoms with Gasteiger partial charge in [0.05, 0.1) is 5.75 Å². The molecule has 22 heavy (non-hydrogen) atoms. The smallest absolute Gasteiger partial charge is 0.243 e. The SMILES string of the molecule is CS(=O)(=O)CCC(=O)N1CCCC1C(=O)NC1CCCCC1. The van der Waals surface area contributed by atoms with E-state index in [9.17, 15) is 18.0 Å². The standard InChI is InChI=1S/C15H26N2O4S/c1-22(20,21)11-9-14(18)17-10-5-8-13(17)15(19)16-12-6-3-2-4-7-12/h12-13H,2-11H2,1H3,(H,16,19). The fourth-order valence-corrected chi connectivity index (χ4v) is 3.84. The Hall–Kier alpha value is -1.11. The zero-order chi connectivity index (χ0) is 16.2. The zero-order valence-corrected chi connectivity index (χ0v) is 14.0. The normalized spacial score (nSPS) is 23.5. The first-order valence-corrected chi connectivity index (χ1v) is 10.2. The van der Waals surface area contributed by atoms with Gasteiger partial charge in [-0.1, -0.05) is 19.3 Å². The third-order valence-corrected chi connectivity index (χ3v) is 5.46. The van der Waals surface area contributed by atoms with E-state index in [0.717, 1.165) is 38.4 Å². The lowest BCUT2D eigenvalue weighted by molar-refractivity contribution is -0.138. The Bertz CT molecular complexity index is 512. The van der Waals surface area contributed by atoms with Crippen molar-refractivity contribution in [2.45, 2.75) is 63.5 Å². The van der Waals surface area contributed by atoms with Crippen LogP contribution in [0.15, 0.2) is 0 Å². The van der Waals surface area contributed by atoms with E-state index in [4.69, 9.17) is 0 Å². The van der Waals surface area contributed by atoms with E-state index in [1.807, 2.05) is 0 Å². The van der Waals surface area contributed by atoms with Crippen molar-refractivity contribution in [3.05, 3.63) is 0 Å². The topological polar surface area (TPSA) is 83.6 Å². The largest absolute Gasteiger partial charge is 0.352 e. The van der Waals surface area contributed by atoms with E-state index < -0.39 is 15.9 Å². The fraction of sp³-hybridized carbons (Fsp3) is 0.867. The van der Waals surface area contributed by atoms with Gasteiger partial charge in [0.25, 0.3) is 0 Å². The molecule has 2 fully saturated rings. The monoisotopic (exact) mass is 330 g/mol. The van der Waals surface area contributed by atoms with Gasteiger partial charge in [0.15, 0.2) is 0 Å². The van der Waals surface area contributed by atoms with Crippen molar-refractivity contribution in [2.24, 2.45) is 0 Å². The number of likely N-dealkylation sites (tertiary alicyclic amines) is 1. The third-order valence-electron chi connectivity index (χ3n) is 4.51. The molecule has 7 heteroatoms. The van der Waals surface area contributed by atoms with Crippen LogP contribution in [-0.4, -0.2) is 55.8 Å². The molecule has 1 unspecified atom stereocenters. The molecule has 1 atom stereocenters. The van der Waals surface area contributed by atoms with Crippen LogP contribution >= 0.6 is 0 Å². The van der Waals surface area contributed by atoms with Crippen LogP contribution in [0.2, 0.25) is 0 Å². The summed E-state index contributed by atoms with van der Waals surface area (Å²) in [5, 5.41) is 3.07. The number of nitrogens with zero attached hydrogens (tertiary/aromatic N) is 1. The molecule has 1 heterocycles. The first-order valence-electron chi connectivity index (χ1n) is 8.14. The summed E-state index contributed by atoms with van der Waals surface area (Å²) in [6.07, 6.45) is 8.10. The second kappa shape index (κ2) is 7.44. The lowest BCUT2D eigenvalue weighted by Gasteiger charge is -2.28. The number of rotatable bonds is 5. The molecule has 1 saturated heterocycles. The Kier molecular flexibility index (Phi) is 5.83. The maximum Gasteiger partial charge on any atom is 0.243 e. The molecule has 2 rings (SSSR count). The van der Waals surface area contributed by atoms with Gasteiger partial charge in [-0.3, -0.25) is 9.59 Å². The van der Waals surface area contributed by atoms with Gasteiger partial charge in [0, 0.05) is 25.3 Å². The molecule has 1 saturated carbocycles. The maximum absolute atomic E-state index is 12.4. The van der Waals surface area contributed by atoms with Gasteiger partial charge in [-0.25, -0.2) is 8.42 Å². The molecule has 0 aromatic carbocycles. The van der Waals surface area contributed by atoms with Crippen LogP contribution in [0.3, 0.4) is 0 Å². The van der Waals surface area contributed by atoms with Gasteiger partial charge >= 0.3 is 0 Å². The van der Waals surface area contributed by atoms with Crippen molar-refractivity contribution >= 4 is 21.7 Å². The van der Waals surface area contributed by atoms with Crippen LogP contribution in [0.5, 0.6) is 0 Å². The van der Waals surface area contributed by atoms with Gasteiger partial charge in [0.1, 0.15) is 15.9 Å². The summed E-state index contributed by atoms with van der Waals surface area (Å²) >= 11 is 0. The molecule has 126 valence electrons. The molecule has 0 radical (unpaired) electrons. The molecule has 0 aromatic heterocycles. The highest BCUT2D eigenvalue weighted by Gasteiger charge is 2.34. The predicted molar refractivity (Wildman–Crippen MR) is 84.1 cm³/mol. The Morgan fingerprint density at radius 2 is 1.77 bits per heavy atom. The lowest BCUT2D eigenvalue weighted by atomic mass is 9.95. The average molecular weight is 330 g/mol. The van der Waals surface area contributed by atoms with Crippen molar-refractivity contribution in [1.29, 1.82) is 0 Å². The Balaban J connectivity index is 1.88. The Morgan fingerprint density at radius 1 is 1.09 bits per heavy atom. The van der Waals surface area contributed by atoms with Crippen LogP contribution in [0.4, 0.5) is 0 Å². The van der Waals surface area contributed by atoms with Crippen LogP contribution in [0.25, 0.3) is 0 Å². The predicted octanol–water partition coefficient (Wildman–Crippen LogP) is 0.861. The van der Waals surface area contributed by atoms with Crippen LogP contribution < -0.4 is 5.32 Å². The molecular formula is C15H26N2O4S. The second-order valence-corrected chi connectivity index (χ2v) is 8.73. The summed E-state index contributed by atoms with van der Waals surface area (Å²) in [7, 11) is -3.16. The van der Waals surface area contributed by atoms with Crippen molar-refractivity contribution in [3.63, 3.8) is 0 Å². The minimum atomic E-state index is -3.16. The molecule has 0 bridgehead atoms. The molecular weight excluding hydrogens is 304 g/mol. The number of hydrogen-bond acceptors (Lipinski definition) is 4. The number of nitrogens with one attached hydrogen (secondary N) is 1. The van der Waals surface area contributed by atoms with Gasteiger partial charge < -0.3 is 10.2 Å². The quantitative estimate of drug-likeness (QED) is 0.810. The van der Waals surface area contributed by atoms with E-state index in [1.54, 1.807) is 4.90 Å². The van der Waals surface area contributed by atoms with Gasteiger partial charge in [-0.15, -0.1) is 0 Å². The molecule has 1 aliphatic carbocycles. The van der Waals surface area contributed by atoms with Gasteiger partial charge in [-0.05, 0) is 25.7 Å². The van der Waals surface area contributed by atoms with E-state index in [0.29, 0.717) is 13.0 Å². The summed E-state index contributed by atoms with van der Waals surface area (Å²) in [6.45, 7) is 0.547. The summed E-state index contributed by atoms with van der Waals surface area (Å²) in [5.74, 6) is -0.455. The molecule has 2 amide bonds. The molecule has 0 spiro atoms. The Labute approximate surface area is 132 Å². The van der Waals surface area contributed by atoms with Crippen LogP contribution in [-0.2, 0) is 19.4 Å². The first-order chi connectivity index (χ1) is 10.4. The Morgan fingerprint density at radius 3 is 2.41 bits per heavy atom. The highest BCUT2D eigenvalue weighted by atomic mass is 32.2. The van der Waals surface area contributed by atoms with Gasteiger partial charge in [0.2, 0.25) is 11.8 Å². The van der Waals surface area contributed by atoms with Crippen molar-refractivity contribution < 1.29 is 18.0 Å². The lowest BCUT2D eigenvalue weighted by Crippen LogP contribution is -2.49.